The van der Waals surface area contributed by atoms with Crippen LogP contribution in [0, 0.1) is 11.7 Å². The number of hydrogen-bond donors (Lipinski definition) is 1. The molecule has 0 saturated carbocycles. The lowest BCUT2D eigenvalue weighted by Gasteiger charge is -2.40. The summed E-state index contributed by atoms with van der Waals surface area (Å²) in [5.74, 6) is 0.340. The smallest absolute Gasteiger partial charge is 0.146 e. The van der Waals surface area contributed by atoms with E-state index in [-0.39, 0.29) is 12.4 Å². The van der Waals surface area contributed by atoms with Crippen LogP contribution in [0.15, 0.2) is 18.2 Å². The highest BCUT2D eigenvalue weighted by Crippen LogP contribution is 2.32. The van der Waals surface area contributed by atoms with Crippen molar-refractivity contribution in [3.8, 4) is 0 Å². The first-order chi connectivity index (χ1) is 8.15. The van der Waals surface area contributed by atoms with E-state index in [9.17, 15) is 9.50 Å². The number of rotatable bonds is 2. The van der Waals surface area contributed by atoms with Crippen molar-refractivity contribution in [3.63, 3.8) is 0 Å². The summed E-state index contributed by atoms with van der Waals surface area (Å²) in [6.45, 7) is 5.11. The third kappa shape index (κ3) is 2.29. The van der Waals surface area contributed by atoms with Gasteiger partial charge in [-0.1, -0.05) is 19.1 Å². The van der Waals surface area contributed by atoms with E-state index in [1.165, 1.54) is 12.5 Å². The van der Waals surface area contributed by atoms with Crippen LogP contribution in [-0.4, -0.2) is 17.7 Å². The average molecular weight is 237 g/mol. The Hall–Kier alpha value is -1.09. The molecule has 0 bridgehead atoms. The summed E-state index contributed by atoms with van der Waals surface area (Å²) in [6, 6.07) is 5.25. The third-order valence-corrected chi connectivity index (χ3v) is 3.90. The van der Waals surface area contributed by atoms with Gasteiger partial charge in [-0.15, -0.1) is 0 Å². The molecular formula is C14H20FNO. The molecule has 1 saturated heterocycles. The summed E-state index contributed by atoms with van der Waals surface area (Å²) in [4.78, 5) is 2.11. The maximum atomic E-state index is 14.0. The predicted molar refractivity (Wildman–Crippen MR) is 67.5 cm³/mol. The van der Waals surface area contributed by atoms with Crippen LogP contribution in [-0.2, 0) is 6.61 Å². The Kier molecular flexibility index (Phi) is 3.67. The fraction of sp³-hybridized carbons (Fsp3) is 0.571. The van der Waals surface area contributed by atoms with Crippen molar-refractivity contribution in [2.45, 2.75) is 39.3 Å². The summed E-state index contributed by atoms with van der Waals surface area (Å²) in [6.07, 6.45) is 2.28. The number of benzene rings is 1. The summed E-state index contributed by atoms with van der Waals surface area (Å²) < 4.78 is 14.0. The minimum Gasteiger partial charge on any atom is -0.392 e. The molecule has 0 aliphatic carbocycles. The Morgan fingerprint density at radius 3 is 2.88 bits per heavy atom. The number of nitrogens with zero attached hydrogens (tertiary/aromatic N) is 1. The Morgan fingerprint density at radius 2 is 2.18 bits per heavy atom. The molecule has 0 amide bonds. The molecule has 0 aromatic heterocycles. The van der Waals surface area contributed by atoms with Crippen LogP contribution in [0.5, 0.6) is 0 Å². The predicted octanol–water partition coefficient (Wildman–Crippen LogP) is 2.94. The van der Waals surface area contributed by atoms with Crippen molar-refractivity contribution in [2.24, 2.45) is 5.92 Å². The van der Waals surface area contributed by atoms with E-state index in [0.717, 1.165) is 13.0 Å². The zero-order chi connectivity index (χ0) is 12.4. The van der Waals surface area contributed by atoms with E-state index >= 15 is 0 Å². The minimum absolute atomic E-state index is 0.106. The van der Waals surface area contributed by atoms with Crippen LogP contribution in [0.3, 0.4) is 0 Å². The molecule has 1 N–H and O–H groups in total. The molecule has 1 heterocycles. The topological polar surface area (TPSA) is 23.5 Å². The fourth-order valence-electron chi connectivity index (χ4n) is 2.66. The molecule has 1 aliphatic heterocycles. The SMILES string of the molecule is CC1CCCN(c2c(F)cccc2CO)C1C. The Morgan fingerprint density at radius 1 is 1.41 bits per heavy atom. The standard InChI is InChI=1S/C14H20FNO/c1-10-5-4-8-16(11(10)2)14-12(9-17)6-3-7-13(14)15/h3,6-7,10-11,17H,4-5,8-9H2,1-2H3. The number of hydrogen-bond acceptors (Lipinski definition) is 2. The molecule has 2 rings (SSSR count). The maximum Gasteiger partial charge on any atom is 0.146 e. The van der Waals surface area contributed by atoms with E-state index in [1.54, 1.807) is 12.1 Å². The summed E-state index contributed by atoms with van der Waals surface area (Å²) in [5.41, 5.74) is 1.28. The van der Waals surface area contributed by atoms with Gasteiger partial charge >= 0.3 is 0 Å². The lowest BCUT2D eigenvalue weighted by molar-refractivity contribution is 0.279. The van der Waals surface area contributed by atoms with Gasteiger partial charge in [0.15, 0.2) is 0 Å². The monoisotopic (exact) mass is 237 g/mol. The third-order valence-electron chi connectivity index (χ3n) is 3.90. The number of para-hydroxylation sites is 1. The number of halogens is 1. The second kappa shape index (κ2) is 5.05. The van der Waals surface area contributed by atoms with Crippen molar-refractivity contribution in [1.29, 1.82) is 0 Å². The van der Waals surface area contributed by atoms with Crippen LogP contribution in [0.2, 0.25) is 0 Å². The van der Waals surface area contributed by atoms with Gasteiger partial charge in [-0.05, 0) is 31.7 Å². The van der Waals surface area contributed by atoms with E-state index in [1.807, 2.05) is 0 Å². The van der Waals surface area contributed by atoms with Gasteiger partial charge in [0.1, 0.15) is 5.82 Å². The van der Waals surface area contributed by atoms with Gasteiger partial charge in [0.2, 0.25) is 0 Å². The highest BCUT2D eigenvalue weighted by Gasteiger charge is 2.27. The lowest BCUT2D eigenvalue weighted by atomic mass is 9.91. The number of aliphatic hydroxyl groups is 1. The average Bonchev–Trinajstić information content (AvgIpc) is 2.33. The lowest BCUT2D eigenvalue weighted by Crippen LogP contribution is -2.43. The molecule has 1 aliphatic rings. The molecule has 1 aromatic carbocycles. The largest absolute Gasteiger partial charge is 0.392 e. The van der Waals surface area contributed by atoms with E-state index in [2.05, 4.69) is 18.7 Å². The van der Waals surface area contributed by atoms with Crippen LogP contribution in [0.1, 0.15) is 32.3 Å². The van der Waals surface area contributed by atoms with Gasteiger partial charge in [-0.3, -0.25) is 0 Å². The van der Waals surface area contributed by atoms with Crippen molar-refractivity contribution < 1.29 is 9.50 Å². The van der Waals surface area contributed by atoms with Gasteiger partial charge in [-0.25, -0.2) is 4.39 Å². The second-order valence-electron chi connectivity index (χ2n) is 4.96. The van der Waals surface area contributed by atoms with Crippen molar-refractivity contribution >= 4 is 5.69 Å². The molecule has 1 aromatic rings. The van der Waals surface area contributed by atoms with Crippen molar-refractivity contribution in [3.05, 3.63) is 29.6 Å². The number of piperidine rings is 1. The van der Waals surface area contributed by atoms with Crippen molar-refractivity contribution in [1.82, 2.24) is 0 Å². The van der Waals surface area contributed by atoms with Gasteiger partial charge < -0.3 is 10.0 Å². The van der Waals surface area contributed by atoms with Crippen LogP contribution < -0.4 is 4.90 Å². The molecule has 3 heteroatoms. The molecule has 94 valence electrons. The first-order valence-corrected chi connectivity index (χ1v) is 6.30. The highest BCUT2D eigenvalue weighted by atomic mass is 19.1. The number of anilines is 1. The first-order valence-electron chi connectivity index (χ1n) is 6.30. The van der Waals surface area contributed by atoms with E-state index in [4.69, 9.17) is 0 Å². The van der Waals surface area contributed by atoms with Gasteiger partial charge in [0, 0.05) is 18.2 Å². The second-order valence-corrected chi connectivity index (χ2v) is 4.96. The molecular weight excluding hydrogens is 217 g/mol. The molecule has 1 fully saturated rings. The van der Waals surface area contributed by atoms with Crippen LogP contribution >= 0.6 is 0 Å². The quantitative estimate of drug-likeness (QED) is 0.855. The Labute approximate surface area is 102 Å². The maximum absolute atomic E-state index is 14.0. The van der Waals surface area contributed by atoms with Gasteiger partial charge in [0.25, 0.3) is 0 Å². The van der Waals surface area contributed by atoms with Gasteiger partial charge in [0.05, 0.1) is 12.3 Å². The van der Waals surface area contributed by atoms with E-state index < -0.39 is 0 Å². The highest BCUT2D eigenvalue weighted by molar-refractivity contribution is 5.55. The number of aliphatic hydroxyl groups excluding tert-OH is 1. The zero-order valence-electron chi connectivity index (χ0n) is 10.5. The van der Waals surface area contributed by atoms with Gasteiger partial charge in [-0.2, -0.15) is 0 Å². The molecule has 0 spiro atoms. The fourth-order valence-corrected chi connectivity index (χ4v) is 2.66. The molecule has 2 unspecified atom stereocenters. The summed E-state index contributed by atoms with van der Waals surface area (Å²) in [7, 11) is 0. The van der Waals surface area contributed by atoms with Crippen LogP contribution in [0.25, 0.3) is 0 Å². The minimum atomic E-state index is -0.225. The molecule has 2 nitrogen and oxygen atoms in total. The normalized spacial score (nSPS) is 25.1. The Bertz CT molecular complexity index is 394. The molecule has 0 radical (unpaired) electrons. The zero-order valence-corrected chi connectivity index (χ0v) is 10.5. The summed E-state index contributed by atoms with van der Waals surface area (Å²) >= 11 is 0. The molecule has 17 heavy (non-hydrogen) atoms. The summed E-state index contributed by atoms with van der Waals surface area (Å²) in [5, 5.41) is 9.33. The van der Waals surface area contributed by atoms with Crippen LogP contribution in [0.4, 0.5) is 10.1 Å². The molecule has 2 atom stereocenters. The van der Waals surface area contributed by atoms with Crippen molar-refractivity contribution in [2.75, 3.05) is 11.4 Å². The van der Waals surface area contributed by atoms with E-state index in [0.29, 0.717) is 23.2 Å². The first kappa shape index (κ1) is 12.4. The Balaban J connectivity index is 2.38.